The number of carbonyl (C=O) groups is 2. The Balaban J connectivity index is 1.73. The van der Waals surface area contributed by atoms with Crippen LogP contribution in [0.4, 0.5) is 10.1 Å². The molecule has 3 aromatic rings. The van der Waals surface area contributed by atoms with Crippen LogP contribution >= 0.6 is 0 Å². The highest BCUT2D eigenvalue weighted by molar-refractivity contribution is 6.05. The Morgan fingerprint density at radius 2 is 1.61 bits per heavy atom. The Morgan fingerprint density at radius 3 is 2.29 bits per heavy atom. The lowest BCUT2D eigenvalue weighted by Crippen LogP contribution is -2.27. The molecule has 31 heavy (non-hydrogen) atoms. The van der Waals surface area contributed by atoms with Crippen LogP contribution in [0.2, 0.25) is 0 Å². The van der Waals surface area contributed by atoms with E-state index >= 15 is 0 Å². The molecule has 0 bridgehead atoms. The van der Waals surface area contributed by atoms with Gasteiger partial charge in [0.1, 0.15) is 17.3 Å². The molecule has 2 amide bonds. The van der Waals surface area contributed by atoms with E-state index in [1.807, 2.05) is 13.0 Å². The number of hydrogen-bond donors (Lipinski definition) is 2. The molecule has 1 unspecified atom stereocenters. The molecular formula is C24H23FN2O4. The van der Waals surface area contributed by atoms with Crippen molar-refractivity contribution in [1.82, 2.24) is 5.32 Å². The van der Waals surface area contributed by atoms with Gasteiger partial charge in [-0.15, -0.1) is 0 Å². The molecule has 2 N–H and O–H groups in total. The molecule has 0 heterocycles. The monoisotopic (exact) mass is 422 g/mol. The second kappa shape index (κ2) is 9.75. The summed E-state index contributed by atoms with van der Waals surface area (Å²) < 4.78 is 23.7. The quantitative estimate of drug-likeness (QED) is 0.584. The van der Waals surface area contributed by atoms with Crippen molar-refractivity contribution in [2.24, 2.45) is 0 Å². The predicted octanol–water partition coefficient (Wildman–Crippen LogP) is 4.59. The Kier molecular flexibility index (Phi) is 6.87. The third kappa shape index (κ3) is 5.39. The largest absolute Gasteiger partial charge is 0.497 e. The molecule has 0 fully saturated rings. The fraction of sp³-hybridized carbons (Fsp3) is 0.167. The first-order valence-corrected chi connectivity index (χ1v) is 9.61. The van der Waals surface area contributed by atoms with E-state index in [4.69, 9.17) is 9.47 Å². The second-order valence-electron chi connectivity index (χ2n) is 6.84. The van der Waals surface area contributed by atoms with Gasteiger partial charge in [0.2, 0.25) is 0 Å². The zero-order valence-corrected chi connectivity index (χ0v) is 17.4. The van der Waals surface area contributed by atoms with Crippen LogP contribution in [0.3, 0.4) is 0 Å². The number of halogens is 1. The number of nitrogens with one attached hydrogen (secondary N) is 2. The number of amides is 2. The van der Waals surface area contributed by atoms with Gasteiger partial charge in [-0.25, -0.2) is 4.39 Å². The first-order valence-electron chi connectivity index (χ1n) is 9.61. The predicted molar refractivity (Wildman–Crippen MR) is 116 cm³/mol. The summed E-state index contributed by atoms with van der Waals surface area (Å²) in [6, 6.07) is 16.8. The van der Waals surface area contributed by atoms with E-state index in [1.54, 1.807) is 50.6 Å². The number of rotatable bonds is 7. The third-order valence-corrected chi connectivity index (χ3v) is 4.74. The zero-order valence-electron chi connectivity index (χ0n) is 17.4. The van der Waals surface area contributed by atoms with Crippen molar-refractivity contribution in [3.8, 4) is 11.5 Å². The second-order valence-corrected chi connectivity index (χ2v) is 6.84. The van der Waals surface area contributed by atoms with Gasteiger partial charge in [-0.2, -0.15) is 0 Å². The molecule has 6 nitrogen and oxygen atoms in total. The molecule has 0 aliphatic rings. The minimum atomic E-state index is -0.419. The SMILES string of the molecule is COc1ccc(OC)c(C(C)NC(=O)c2cccc(NC(=O)c3ccc(F)cc3)c2)c1. The summed E-state index contributed by atoms with van der Waals surface area (Å²) in [5, 5.41) is 5.64. The van der Waals surface area contributed by atoms with Crippen LogP contribution in [-0.4, -0.2) is 26.0 Å². The molecule has 7 heteroatoms. The molecule has 0 saturated heterocycles. The first-order chi connectivity index (χ1) is 14.9. The number of benzene rings is 3. The molecule has 160 valence electrons. The van der Waals surface area contributed by atoms with Gasteiger partial charge in [0.15, 0.2) is 0 Å². The molecule has 0 saturated carbocycles. The minimum absolute atomic E-state index is 0.310. The number of hydrogen-bond acceptors (Lipinski definition) is 4. The molecule has 0 aliphatic carbocycles. The lowest BCUT2D eigenvalue weighted by molar-refractivity contribution is 0.0938. The smallest absolute Gasteiger partial charge is 0.255 e. The Bertz CT molecular complexity index is 1080. The van der Waals surface area contributed by atoms with Crippen molar-refractivity contribution in [1.29, 1.82) is 0 Å². The number of carbonyl (C=O) groups excluding carboxylic acids is 2. The molecule has 0 spiro atoms. The maximum absolute atomic E-state index is 13.0. The molecule has 1 atom stereocenters. The van der Waals surface area contributed by atoms with E-state index in [1.165, 1.54) is 24.3 Å². The van der Waals surface area contributed by atoms with E-state index < -0.39 is 11.7 Å². The van der Waals surface area contributed by atoms with Gasteiger partial charge in [-0.3, -0.25) is 9.59 Å². The summed E-state index contributed by atoms with van der Waals surface area (Å²) in [4.78, 5) is 25.1. The Morgan fingerprint density at radius 1 is 0.871 bits per heavy atom. The highest BCUT2D eigenvalue weighted by Gasteiger charge is 2.17. The maximum atomic E-state index is 13.0. The average molecular weight is 422 g/mol. The first kappa shape index (κ1) is 21.8. The third-order valence-electron chi connectivity index (χ3n) is 4.74. The van der Waals surface area contributed by atoms with E-state index in [0.29, 0.717) is 28.3 Å². The van der Waals surface area contributed by atoms with Gasteiger partial charge in [-0.05, 0) is 67.6 Å². The summed E-state index contributed by atoms with van der Waals surface area (Å²) in [7, 11) is 3.13. The number of anilines is 1. The molecule has 0 radical (unpaired) electrons. The van der Waals surface area contributed by atoms with Crippen molar-refractivity contribution < 1.29 is 23.5 Å². The maximum Gasteiger partial charge on any atom is 0.255 e. The van der Waals surface area contributed by atoms with Crippen molar-refractivity contribution in [2.75, 3.05) is 19.5 Å². The van der Waals surface area contributed by atoms with Crippen molar-refractivity contribution in [3.05, 3.63) is 89.2 Å². The topological polar surface area (TPSA) is 76.7 Å². The fourth-order valence-corrected chi connectivity index (χ4v) is 3.08. The molecule has 0 aliphatic heterocycles. The molecule has 3 rings (SSSR count). The van der Waals surface area contributed by atoms with Gasteiger partial charge in [0, 0.05) is 22.4 Å². The van der Waals surface area contributed by atoms with Gasteiger partial charge in [-0.1, -0.05) is 6.07 Å². The highest BCUT2D eigenvalue weighted by Crippen LogP contribution is 2.29. The molecular weight excluding hydrogens is 399 g/mol. The van der Waals surface area contributed by atoms with Crippen LogP contribution in [-0.2, 0) is 0 Å². The minimum Gasteiger partial charge on any atom is -0.497 e. The van der Waals surface area contributed by atoms with Crippen LogP contribution < -0.4 is 20.1 Å². The Hall–Kier alpha value is -3.87. The summed E-state index contributed by atoms with van der Waals surface area (Å²) >= 11 is 0. The highest BCUT2D eigenvalue weighted by atomic mass is 19.1. The van der Waals surface area contributed by atoms with E-state index in [2.05, 4.69) is 10.6 Å². The van der Waals surface area contributed by atoms with E-state index in [9.17, 15) is 14.0 Å². The van der Waals surface area contributed by atoms with Crippen molar-refractivity contribution in [2.45, 2.75) is 13.0 Å². The van der Waals surface area contributed by atoms with Gasteiger partial charge < -0.3 is 20.1 Å². The summed E-state index contributed by atoms with van der Waals surface area (Å²) in [6.45, 7) is 1.84. The van der Waals surface area contributed by atoms with E-state index in [-0.39, 0.29) is 11.9 Å². The number of methoxy groups -OCH3 is 2. The normalized spacial score (nSPS) is 11.4. The van der Waals surface area contributed by atoms with Gasteiger partial charge >= 0.3 is 0 Å². The van der Waals surface area contributed by atoms with Crippen LogP contribution in [0, 0.1) is 5.82 Å². The van der Waals surface area contributed by atoms with E-state index in [0.717, 1.165) is 5.56 Å². The van der Waals surface area contributed by atoms with Gasteiger partial charge in [0.25, 0.3) is 11.8 Å². The summed E-state index contributed by atoms with van der Waals surface area (Å²) in [5.74, 6) is 0.163. The van der Waals surface area contributed by atoms with Crippen LogP contribution in [0.5, 0.6) is 11.5 Å². The zero-order chi connectivity index (χ0) is 22.4. The lowest BCUT2D eigenvalue weighted by Gasteiger charge is -2.18. The van der Waals surface area contributed by atoms with Gasteiger partial charge in [0.05, 0.1) is 20.3 Å². The average Bonchev–Trinajstić information content (AvgIpc) is 2.79. The fourth-order valence-electron chi connectivity index (χ4n) is 3.08. The molecule has 3 aromatic carbocycles. The Labute approximate surface area is 180 Å². The summed E-state index contributed by atoms with van der Waals surface area (Å²) in [6.07, 6.45) is 0. The molecule has 0 aromatic heterocycles. The van der Waals surface area contributed by atoms with Crippen LogP contribution in [0.25, 0.3) is 0 Å². The van der Waals surface area contributed by atoms with Crippen molar-refractivity contribution in [3.63, 3.8) is 0 Å². The number of ether oxygens (including phenoxy) is 2. The van der Waals surface area contributed by atoms with Crippen LogP contribution in [0.15, 0.2) is 66.7 Å². The lowest BCUT2D eigenvalue weighted by atomic mass is 10.1. The van der Waals surface area contributed by atoms with Crippen molar-refractivity contribution >= 4 is 17.5 Å². The van der Waals surface area contributed by atoms with Crippen LogP contribution in [0.1, 0.15) is 39.2 Å². The standard InChI is InChI=1S/C24H23FN2O4/c1-15(21-14-20(30-2)11-12-22(21)31-3)26-24(29)17-5-4-6-19(13-17)27-23(28)16-7-9-18(25)10-8-16/h4-15H,1-3H3,(H,26,29)(H,27,28). The summed E-state index contributed by atoms with van der Waals surface area (Å²) in [5.41, 5.74) is 1.92.